The maximum absolute atomic E-state index is 13.4. The first-order valence-corrected chi connectivity index (χ1v) is 7.53. The SMILES string of the molecule is CCc1ccc(NC(=O)CSc2cc(F)ccc2F)cc1. The van der Waals surface area contributed by atoms with Gasteiger partial charge in [-0.2, -0.15) is 0 Å². The van der Waals surface area contributed by atoms with E-state index >= 15 is 0 Å². The molecule has 0 heterocycles. The predicted octanol–water partition coefficient (Wildman–Crippen LogP) is 4.26. The molecule has 0 aliphatic rings. The molecule has 0 unspecified atom stereocenters. The van der Waals surface area contributed by atoms with E-state index in [0.717, 1.165) is 36.4 Å². The predicted molar refractivity (Wildman–Crippen MR) is 81.5 cm³/mol. The Morgan fingerprint density at radius 3 is 2.52 bits per heavy atom. The summed E-state index contributed by atoms with van der Waals surface area (Å²) in [6.07, 6.45) is 0.933. The van der Waals surface area contributed by atoms with Crippen molar-refractivity contribution in [3.63, 3.8) is 0 Å². The molecular weight excluding hydrogens is 292 g/mol. The summed E-state index contributed by atoms with van der Waals surface area (Å²) < 4.78 is 26.4. The minimum absolute atomic E-state index is 0.0237. The van der Waals surface area contributed by atoms with E-state index in [1.165, 1.54) is 5.56 Å². The lowest BCUT2D eigenvalue weighted by Crippen LogP contribution is -2.14. The number of aryl methyl sites for hydroxylation is 1. The highest BCUT2D eigenvalue weighted by atomic mass is 32.2. The van der Waals surface area contributed by atoms with E-state index in [-0.39, 0.29) is 16.6 Å². The minimum atomic E-state index is -0.526. The number of thioether (sulfide) groups is 1. The second kappa shape index (κ2) is 7.22. The number of rotatable bonds is 5. The molecule has 0 radical (unpaired) electrons. The lowest BCUT2D eigenvalue weighted by atomic mass is 10.1. The van der Waals surface area contributed by atoms with Crippen LogP contribution in [-0.4, -0.2) is 11.7 Å². The number of anilines is 1. The van der Waals surface area contributed by atoms with Gasteiger partial charge in [0.25, 0.3) is 0 Å². The molecule has 1 amide bonds. The van der Waals surface area contributed by atoms with Crippen LogP contribution in [0.2, 0.25) is 0 Å². The Balaban J connectivity index is 1.91. The summed E-state index contributed by atoms with van der Waals surface area (Å²) in [4.78, 5) is 11.9. The van der Waals surface area contributed by atoms with Crippen molar-refractivity contribution in [1.82, 2.24) is 0 Å². The number of hydrogen-bond donors (Lipinski definition) is 1. The van der Waals surface area contributed by atoms with Crippen molar-refractivity contribution in [2.75, 3.05) is 11.1 Å². The summed E-state index contributed by atoms with van der Waals surface area (Å²) in [6.45, 7) is 2.05. The number of benzene rings is 2. The van der Waals surface area contributed by atoms with Crippen LogP contribution in [0.3, 0.4) is 0 Å². The maximum atomic E-state index is 13.4. The van der Waals surface area contributed by atoms with Crippen LogP contribution in [-0.2, 0) is 11.2 Å². The molecule has 0 atom stereocenters. The molecule has 0 saturated carbocycles. The van der Waals surface area contributed by atoms with Gasteiger partial charge in [0.1, 0.15) is 11.6 Å². The molecule has 0 saturated heterocycles. The molecule has 1 N–H and O–H groups in total. The summed E-state index contributed by atoms with van der Waals surface area (Å²) in [5.74, 6) is -1.28. The molecule has 2 nitrogen and oxygen atoms in total. The third kappa shape index (κ3) is 4.56. The molecular formula is C16H15F2NOS. The normalized spacial score (nSPS) is 10.4. The molecule has 0 aliphatic heterocycles. The van der Waals surface area contributed by atoms with Crippen molar-refractivity contribution in [3.8, 4) is 0 Å². The highest BCUT2D eigenvalue weighted by Gasteiger charge is 2.08. The Labute approximate surface area is 126 Å². The first-order chi connectivity index (χ1) is 10.1. The van der Waals surface area contributed by atoms with Crippen LogP contribution < -0.4 is 5.32 Å². The minimum Gasteiger partial charge on any atom is -0.325 e. The summed E-state index contributed by atoms with van der Waals surface area (Å²) in [5, 5.41) is 2.72. The van der Waals surface area contributed by atoms with Crippen LogP contribution in [0.15, 0.2) is 47.4 Å². The highest BCUT2D eigenvalue weighted by Crippen LogP contribution is 2.22. The van der Waals surface area contributed by atoms with Crippen molar-refractivity contribution in [1.29, 1.82) is 0 Å². The Morgan fingerprint density at radius 1 is 1.14 bits per heavy atom. The Bertz CT molecular complexity index is 629. The number of carbonyl (C=O) groups excluding carboxylic acids is 1. The zero-order chi connectivity index (χ0) is 15.2. The first kappa shape index (κ1) is 15.5. The first-order valence-electron chi connectivity index (χ1n) is 6.55. The number of amides is 1. The van der Waals surface area contributed by atoms with Crippen molar-refractivity contribution < 1.29 is 13.6 Å². The van der Waals surface area contributed by atoms with Gasteiger partial charge < -0.3 is 5.32 Å². The van der Waals surface area contributed by atoms with E-state index in [2.05, 4.69) is 12.2 Å². The Morgan fingerprint density at radius 2 is 1.86 bits per heavy atom. The second-order valence-electron chi connectivity index (χ2n) is 4.46. The zero-order valence-corrected chi connectivity index (χ0v) is 12.3. The highest BCUT2D eigenvalue weighted by molar-refractivity contribution is 8.00. The van der Waals surface area contributed by atoms with Gasteiger partial charge in [0.15, 0.2) is 0 Å². The zero-order valence-electron chi connectivity index (χ0n) is 11.5. The fourth-order valence-corrected chi connectivity index (χ4v) is 2.51. The third-order valence-electron chi connectivity index (χ3n) is 2.90. The molecule has 2 aromatic rings. The molecule has 2 rings (SSSR count). The fraction of sp³-hybridized carbons (Fsp3) is 0.188. The van der Waals surface area contributed by atoms with Crippen LogP contribution in [0, 0.1) is 11.6 Å². The molecule has 2 aromatic carbocycles. The summed E-state index contributed by atoms with van der Waals surface area (Å²) in [5.41, 5.74) is 1.88. The molecule has 0 aromatic heterocycles. The molecule has 0 bridgehead atoms. The van der Waals surface area contributed by atoms with Crippen molar-refractivity contribution in [2.24, 2.45) is 0 Å². The average Bonchev–Trinajstić information content (AvgIpc) is 2.49. The fourth-order valence-electron chi connectivity index (χ4n) is 1.75. The van der Waals surface area contributed by atoms with E-state index < -0.39 is 11.6 Å². The quantitative estimate of drug-likeness (QED) is 0.836. The van der Waals surface area contributed by atoms with Gasteiger partial charge in [-0.15, -0.1) is 11.8 Å². The molecule has 21 heavy (non-hydrogen) atoms. The van der Waals surface area contributed by atoms with Crippen LogP contribution in [0.1, 0.15) is 12.5 Å². The van der Waals surface area contributed by atoms with Crippen molar-refractivity contribution >= 4 is 23.4 Å². The summed E-state index contributed by atoms with van der Waals surface area (Å²) >= 11 is 0.969. The topological polar surface area (TPSA) is 29.1 Å². The summed E-state index contributed by atoms with van der Waals surface area (Å²) in [6, 6.07) is 10.7. The Kier molecular flexibility index (Phi) is 5.33. The monoisotopic (exact) mass is 307 g/mol. The van der Waals surface area contributed by atoms with Gasteiger partial charge in [-0.1, -0.05) is 19.1 Å². The van der Waals surface area contributed by atoms with E-state index in [1.54, 1.807) is 0 Å². The third-order valence-corrected chi connectivity index (χ3v) is 3.93. The van der Waals surface area contributed by atoms with Gasteiger partial charge in [0.05, 0.1) is 5.75 Å². The summed E-state index contributed by atoms with van der Waals surface area (Å²) in [7, 11) is 0. The number of hydrogen-bond acceptors (Lipinski definition) is 2. The van der Waals surface area contributed by atoms with Gasteiger partial charge in [0.2, 0.25) is 5.91 Å². The lowest BCUT2D eigenvalue weighted by molar-refractivity contribution is -0.113. The lowest BCUT2D eigenvalue weighted by Gasteiger charge is -2.06. The molecule has 0 aliphatic carbocycles. The number of carbonyl (C=O) groups is 1. The Hall–Kier alpha value is -1.88. The van der Waals surface area contributed by atoms with E-state index in [1.807, 2.05) is 24.3 Å². The van der Waals surface area contributed by atoms with Crippen molar-refractivity contribution in [2.45, 2.75) is 18.2 Å². The number of halogens is 2. The standard InChI is InChI=1S/C16H15F2NOS/c1-2-11-3-6-13(7-4-11)19-16(20)10-21-15-9-12(17)5-8-14(15)18/h3-9H,2,10H2,1H3,(H,19,20). The number of nitrogens with one attached hydrogen (secondary N) is 1. The van der Waals surface area contributed by atoms with Crippen LogP contribution >= 0.6 is 11.8 Å². The average molecular weight is 307 g/mol. The van der Waals surface area contributed by atoms with Crippen LogP contribution in [0.25, 0.3) is 0 Å². The largest absolute Gasteiger partial charge is 0.325 e. The van der Waals surface area contributed by atoms with Crippen LogP contribution in [0.5, 0.6) is 0 Å². The second-order valence-corrected chi connectivity index (χ2v) is 5.48. The smallest absolute Gasteiger partial charge is 0.234 e. The van der Waals surface area contributed by atoms with Gasteiger partial charge in [-0.25, -0.2) is 8.78 Å². The van der Waals surface area contributed by atoms with Crippen LogP contribution in [0.4, 0.5) is 14.5 Å². The van der Waals surface area contributed by atoms with E-state index in [4.69, 9.17) is 0 Å². The molecule has 0 spiro atoms. The molecule has 110 valence electrons. The maximum Gasteiger partial charge on any atom is 0.234 e. The van der Waals surface area contributed by atoms with E-state index in [9.17, 15) is 13.6 Å². The van der Waals surface area contributed by atoms with Gasteiger partial charge in [-0.05, 0) is 42.3 Å². The van der Waals surface area contributed by atoms with Gasteiger partial charge in [-0.3, -0.25) is 4.79 Å². The van der Waals surface area contributed by atoms with E-state index in [0.29, 0.717) is 5.69 Å². The van der Waals surface area contributed by atoms with Gasteiger partial charge >= 0.3 is 0 Å². The van der Waals surface area contributed by atoms with Crippen molar-refractivity contribution in [3.05, 3.63) is 59.7 Å². The van der Waals surface area contributed by atoms with Gasteiger partial charge in [0, 0.05) is 10.6 Å². The molecule has 5 heteroatoms. The molecule has 0 fully saturated rings.